The van der Waals surface area contributed by atoms with Crippen LogP contribution in [-0.2, 0) is 9.53 Å². The van der Waals surface area contributed by atoms with Gasteiger partial charge in [0, 0.05) is 44.8 Å². The number of nitrogens with one attached hydrogen (secondary N) is 1. The first-order chi connectivity index (χ1) is 9.97. The van der Waals surface area contributed by atoms with Crippen LogP contribution < -0.4 is 5.32 Å². The zero-order valence-electron chi connectivity index (χ0n) is 14.4. The van der Waals surface area contributed by atoms with Crippen LogP contribution in [0.1, 0.15) is 41.0 Å². The molecule has 2 atom stereocenters. The number of carbonyl (C=O) groups is 1. The van der Waals surface area contributed by atoms with Gasteiger partial charge in [0.15, 0.2) is 0 Å². The SMILES string of the molecule is CCOC(=O)C(CN1CCN(C(C)CC)CC1)NC(C)C. The maximum Gasteiger partial charge on any atom is 0.324 e. The zero-order chi connectivity index (χ0) is 15.8. The third kappa shape index (κ3) is 6.32. The van der Waals surface area contributed by atoms with E-state index in [4.69, 9.17) is 4.74 Å². The average molecular weight is 299 g/mol. The van der Waals surface area contributed by atoms with E-state index >= 15 is 0 Å². The molecule has 1 saturated heterocycles. The number of ether oxygens (including phenoxy) is 1. The van der Waals surface area contributed by atoms with Gasteiger partial charge in [-0.25, -0.2) is 0 Å². The van der Waals surface area contributed by atoms with Crippen molar-refractivity contribution in [3.63, 3.8) is 0 Å². The van der Waals surface area contributed by atoms with Gasteiger partial charge < -0.3 is 10.1 Å². The molecule has 5 nitrogen and oxygen atoms in total. The average Bonchev–Trinajstić information content (AvgIpc) is 2.46. The summed E-state index contributed by atoms with van der Waals surface area (Å²) < 4.78 is 5.18. The predicted octanol–water partition coefficient (Wildman–Crippen LogP) is 1.33. The van der Waals surface area contributed by atoms with Gasteiger partial charge in [0.05, 0.1) is 6.61 Å². The fourth-order valence-corrected chi connectivity index (χ4v) is 2.74. The molecule has 2 unspecified atom stereocenters. The Morgan fingerprint density at radius 1 is 1.14 bits per heavy atom. The Kier molecular flexibility index (Phi) is 8.22. The van der Waals surface area contributed by atoms with Gasteiger partial charge in [-0.2, -0.15) is 0 Å². The number of nitrogens with zero attached hydrogens (tertiary/aromatic N) is 2. The monoisotopic (exact) mass is 299 g/mol. The van der Waals surface area contributed by atoms with E-state index in [1.807, 2.05) is 6.92 Å². The molecule has 1 heterocycles. The Bertz CT molecular complexity index is 302. The molecule has 124 valence electrons. The molecule has 5 heteroatoms. The molecule has 1 rings (SSSR count). The van der Waals surface area contributed by atoms with Crippen molar-refractivity contribution in [1.29, 1.82) is 0 Å². The molecule has 1 N–H and O–H groups in total. The van der Waals surface area contributed by atoms with Crippen molar-refractivity contribution in [1.82, 2.24) is 15.1 Å². The van der Waals surface area contributed by atoms with Crippen LogP contribution in [-0.4, -0.2) is 73.2 Å². The normalized spacial score (nSPS) is 20.5. The first-order valence-electron chi connectivity index (χ1n) is 8.37. The van der Waals surface area contributed by atoms with Crippen LogP contribution in [0.25, 0.3) is 0 Å². The summed E-state index contributed by atoms with van der Waals surface area (Å²) in [6.07, 6.45) is 1.19. The molecule has 0 aliphatic carbocycles. The van der Waals surface area contributed by atoms with E-state index < -0.39 is 0 Å². The summed E-state index contributed by atoms with van der Waals surface area (Å²) in [5.41, 5.74) is 0. The molecule has 0 aromatic heterocycles. The largest absolute Gasteiger partial charge is 0.465 e. The van der Waals surface area contributed by atoms with Crippen molar-refractivity contribution >= 4 is 5.97 Å². The van der Waals surface area contributed by atoms with Crippen LogP contribution in [0.4, 0.5) is 0 Å². The molecule has 1 aliphatic rings. The fraction of sp³-hybridized carbons (Fsp3) is 0.938. The highest BCUT2D eigenvalue weighted by molar-refractivity contribution is 5.76. The van der Waals surface area contributed by atoms with Crippen molar-refractivity contribution in [3.05, 3.63) is 0 Å². The fourth-order valence-electron chi connectivity index (χ4n) is 2.74. The predicted molar refractivity (Wildman–Crippen MR) is 86.5 cm³/mol. The first-order valence-corrected chi connectivity index (χ1v) is 8.37. The Hall–Kier alpha value is -0.650. The maximum absolute atomic E-state index is 12.0. The van der Waals surface area contributed by atoms with Crippen LogP contribution in [0.2, 0.25) is 0 Å². The Morgan fingerprint density at radius 3 is 2.24 bits per heavy atom. The molecule has 21 heavy (non-hydrogen) atoms. The van der Waals surface area contributed by atoms with Crippen LogP contribution in [0.15, 0.2) is 0 Å². The molecule has 0 amide bonds. The second kappa shape index (κ2) is 9.38. The maximum atomic E-state index is 12.0. The number of carbonyl (C=O) groups excluding carboxylic acids is 1. The van der Waals surface area contributed by atoms with E-state index in [1.165, 1.54) is 6.42 Å². The van der Waals surface area contributed by atoms with Gasteiger partial charge in [0.2, 0.25) is 0 Å². The molecule has 0 aromatic carbocycles. The Balaban J connectivity index is 2.47. The summed E-state index contributed by atoms with van der Waals surface area (Å²) in [7, 11) is 0. The second-order valence-electron chi connectivity index (χ2n) is 6.22. The first kappa shape index (κ1) is 18.4. The minimum absolute atomic E-state index is 0.129. The zero-order valence-corrected chi connectivity index (χ0v) is 14.4. The van der Waals surface area contributed by atoms with E-state index in [9.17, 15) is 4.79 Å². The number of hydrogen-bond acceptors (Lipinski definition) is 5. The highest BCUT2D eigenvalue weighted by Crippen LogP contribution is 2.09. The van der Waals surface area contributed by atoms with Gasteiger partial charge in [0.25, 0.3) is 0 Å². The summed E-state index contributed by atoms with van der Waals surface area (Å²) >= 11 is 0. The lowest BCUT2D eigenvalue weighted by Crippen LogP contribution is -2.55. The Labute approximate surface area is 130 Å². The third-order valence-corrected chi connectivity index (χ3v) is 4.17. The minimum atomic E-state index is -0.222. The molecule has 1 aliphatic heterocycles. The number of rotatable bonds is 8. The summed E-state index contributed by atoms with van der Waals surface area (Å²) in [4.78, 5) is 17.0. The van der Waals surface area contributed by atoms with E-state index in [0.29, 0.717) is 12.6 Å². The van der Waals surface area contributed by atoms with Crippen molar-refractivity contribution in [2.24, 2.45) is 0 Å². The van der Waals surface area contributed by atoms with Gasteiger partial charge in [-0.15, -0.1) is 0 Å². The highest BCUT2D eigenvalue weighted by atomic mass is 16.5. The standard InChI is InChI=1S/C16H33N3O2/c1-6-14(5)19-10-8-18(9-11-19)12-15(17-13(3)4)16(20)21-7-2/h13-15,17H,6-12H2,1-5H3. The van der Waals surface area contributed by atoms with Crippen LogP contribution in [0, 0.1) is 0 Å². The van der Waals surface area contributed by atoms with Gasteiger partial charge in [0.1, 0.15) is 6.04 Å². The van der Waals surface area contributed by atoms with Gasteiger partial charge in [-0.05, 0) is 20.3 Å². The summed E-state index contributed by atoms with van der Waals surface area (Å²) in [6, 6.07) is 0.711. The molecular formula is C16H33N3O2. The number of esters is 1. The van der Waals surface area contributed by atoms with Crippen molar-refractivity contribution in [2.75, 3.05) is 39.3 Å². The summed E-state index contributed by atoms with van der Waals surface area (Å²) in [5, 5.41) is 3.33. The summed E-state index contributed by atoms with van der Waals surface area (Å²) in [5.74, 6) is -0.129. The topological polar surface area (TPSA) is 44.8 Å². The number of piperazine rings is 1. The quantitative estimate of drug-likeness (QED) is 0.685. The van der Waals surface area contributed by atoms with Crippen molar-refractivity contribution in [3.8, 4) is 0 Å². The highest BCUT2D eigenvalue weighted by Gasteiger charge is 2.26. The molecule has 0 spiro atoms. The summed E-state index contributed by atoms with van der Waals surface area (Å²) in [6.45, 7) is 15.9. The molecule has 0 aromatic rings. The van der Waals surface area contributed by atoms with E-state index in [0.717, 1.165) is 32.7 Å². The minimum Gasteiger partial charge on any atom is -0.465 e. The number of hydrogen-bond donors (Lipinski definition) is 1. The van der Waals surface area contributed by atoms with E-state index in [-0.39, 0.29) is 18.1 Å². The van der Waals surface area contributed by atoms with Gasteiger partial charge in [-0.1, -0.05) is 20.8 Å². The van der Waals surface area contributed by atoms with Crippen molar-refractivity contribution in [2.45, 2.75) is 59.2 Å². The lowest BCUT2D eigenvalue weighted by molar-refractivity contribution is -0.146. The smallest absolute Gasteiger partial charge is 0.324 e. The van der Waals surface area contributed by atoms with Gasteiger partial charge >= 0.3 is 5.97 Å². The van der Waals surface area contributed by atoms with Crippen LogP contribution >= 0.6 is 0 Å². The van der Waals surface area contributed by atoms with Crippen LogP contribution in [0.5, 0.6) is 0 Å². The third-order valence-electron chi connectivity index (χ3n) is 4.17. The van der Waals surface area contributed by atoms with Crippen molar-refractivity contribution < 1.29 is 9.53 Å². The van der Waals surface area contributed by atoms with E-state index in [2.05, 4.69) is 42.8 Å². The van der Waals surface area contributed by atoms with Crippen LogP contribution in [0.3, 0.4) is 0 Å². The van der Waals surface area contributed by atoms with Gasteiger partial charge in [-0.3, -0.25) is 14.6 Å². The molecule has 1 fully saturated rings. The molecule has 0 bridgehead atoms. The second-order valence-corrected chi connectivity index (χ2v) is 6.22. The Morgan fingerprint density at radius 2 is 1.76 bits per heavy atom. The molecular weight excluding hydrogens is 266 g/mol. The molecule has 0 saturated carbocycles. The molecule has 0 radical (unpaired) electrons. The lowest BCUT2D eigenvalue weighted by atomic mass is 10.1. The lowest BCUT2D eigenvalue weighted by Gasteiger charge is -2.39. The van der Waals surface area contributed by atoms with E-state index in [1.54, 1.807) is 0 Å².